The first-order chi connectivity index (χ1) is 5.11. The van der Waals surface area contributed by atoms with Gasteiger partial charge in [-0.15, -0.1) is 0 Å². The van der Waals surface area contributed by atoms with Crippen molar-refractivity contribution in [2.24, 2.45) is 0 Å². The van der Waals surface area contributed by atoms with Crippen molar-refractivity contribution < 1.29 is 0 Å². The molecule has 0 nitrogen and oxygen atoms in total. The largest absolute Gasteiger partial charge is 0.0841 e. The second kappa shape index (κ2) is 4.10. The first-order valence-corrected chi connectivity index (χ1v) is 5.57. The SMILES string of the molecule is CC(Br)c1ccc(I)cc1Cl. The van der Waals surface area contributed by atoms with Crippen LogP contribution in [0.1, 0.15) is 17.3 Å². The molecule has 60 valence electrons. The van der Waals surface area contributed by atoms with E-state index in [1.54, 1.807) is 0 Å². The molecule has 0 radical (unpaired) electrons. The molecule has 0 heterocycles. The van der Waals surface area contributed by atoms with Gasteiger partial charge in [0.15, 0.2) is 0 Å². The predicted molar refractivity (Wildman–Crippen MR) is 61.5 cm³/mol. The van der Waals surface area contributed by atoms with Crippen LogP contribution in [0.4, 0.5) is 0 Å². The van der Waals surface area contributed by atoms with Gasteiger partial charge in [-0.1, -0.05) is 33.6 Å². The topological polar surface area (TPSA) is 0 Å². The Morgan fingerprint density at radius 2 is 2.18 bits per heavy atom. The van der Waals surface area contributed by atoms with Crippen molar-refractivity contribution in [3.63, 3.8) is 0 Å². The lowest BCUT2D eigenvalue weighted by molar-refractivity contribution is 1.12. The zero-order chi connectivity index (χ0) is 8.43. The van der Waals surface area contributed by atoms with Gasteiger partial charge in [0.25, 0.3) is 0 Å². The summed E-state index contributed by atoms with van der Waals surface area (Å²) in [4.78, 5) is 0.326. The quantitative estimate of drug-likeness (QED) is 0.523. The smallest absolute Gasteiger partial charge is 0.0459 e. The molecule has 0 fully saturated rings. The standard InChI is InChI=1S/C8H7BrClI/c1-5(9)7-3-2-6(11)4-8(7)10/h2-5H,1H3. The molecule has 1 rings (SSSR count). The maximum Gasteiger partial charge on any atom is 0.0459 e. The Labute approximate surface area is 93.6 Å². The van der Waals surface area contributed by atoms with Crippen LogP contribution in [0.15, 0.2) is 18.2 Å². The molecule has 0 saturated heterocycles. The number of hydrogen-bond acceptors (Lipinski definition) is 0. The molecule has 0 aliphatic rings. The normalized spacial score (nSPS) is 13.1. The zero-order valence-electron chi connectivity index (χ0n) is 5.94. The molecule has 0 bridgehead atoms. The van der Waals surface area contributed by atoms with Crippen molar-refractivity contribution in [1.82, 2.24) is 0 Å². The molecule has 11 heavy (non-hydrogen) atoms. The van der Waals surface area contributed by atoms with Crippen LogP contribution >= 0.6 is 50.1 Å². The van der Waals surface area contributed by atoms with Gasteiger partial charge in [-0.25, -0.2) is 0 Å². The Hall–Kier alpha value is 0.720. The van der Waals surface area contributed by atoms with Crippen LogP contribution in [-0.2, 0) is 0 Å². The van der Waals surface area contributed by atoms with E-state index in [4.69, 9.17) is 11.6 Å². The van der Waals surface area contributed by atoms with E-state index >= 15 is 0 Å². The minimum absolute atomic E-state index is 0.326. The molecule has 0 aliphatic heterocycles. The van der Waals surface area contributed by atoms with Crippen LogP contribution in [0, 0.1) is 3.57 Å². The van der Waals surface area contributed by atoms with Crippen LogP contribution in [-0.4, -0.2) is 0 Å². The molecule has 0 spiro atoms. The summed E-state index contributed by atoms with van der Waals surface area (Å²) in [5.41, 5.74) is 1.15. The Morgan fingerprint density at radius 1 is 1.55 bits per heavy atom. The Morgan fingerprint density at radius 3 is 2.64 bits per heavy atom. The molecule has 3 heteroatoms. The first-order valence-electron chi connectivity index (χ1n) is 3.20. The maximum absolute atomic E-state index is 5.99. The lowest BCUT2D eigenvalue weighted by Gasteiger charge is -2.05. The molecule has 0 amide bonds. The molecule has 0 aromatic heterocycles. The van der Waals surface area contributed by atoms with Crippen molar-refractivity contribution in [2.45, 2.75) is 11.8 Å². The third-order valence-corrected chi connectivity index (χ3v) is 2.88. The highest BCUT2D eigenvalue weighted by Crippen LogP contribution is 2.29. The Kier molecular flexibility index (Phi) is 3.65. The van der Waals surface area contributed by atoms with Crippen molar-refractivity contribution >= 4 is 50.1 Å². The third kappa shape index (κ3) is 2.60. The molecule has 1 aromatic rings. The minimum Gasteiger partial charge on any atom is -0.0841 e. The highest BCUT2D eigenvalue weighted by Gasteiger charge is 2.05. The van der Waals surface area contributed by atoms with E-state index in [2.05, 4.69) is 51.5 Å². The van der Waals surface area contributed by atoms with Gasteiger partial charge < -0.3 is 0 Å². The van der Waals surface area contributed by atoms with Crippen LogP contribution in [0.2, 0.25) is 5.02 Å². The highest BCUT2D eigenvalue weighted by atomic mass is 127. The van der Waals surface area contributed by atoms with Gasteiger partial charge in [0, 0.05) is 13.4 Å². The van der Waals surface area contributed by atoms with Crippen LogP contribution in [0.3, 0.4) is 0 Å². The summed E-state index contributed by atoms with van der Waals surface area (Å²) in [7, 11) is 0. The zero-order valence-corrected chi connectivity index (χ0v) is 10.4. The van der Waals surface area contributed by atoms with Crippen molar-refractivity contribution in [2.75, 3.05) is 0 Å². The van der Waals surface area contributed by atoms with Crippen molar-refractivity contribution in [3.8, 4) is 0 Å². The summed E-state index contributed by atoms with van der Waals surface area (Å²) < 4.78 is 1.17. The van der Waals surface area contributed by atoms with Gasteiger partial charge >= 0.3 is 0 Å². The predicted octanol–water partition coefficient (Wildman–Crippen LogP) is 4.40. The second-order valence-corrected chi connectivity index (χ2v) is 5.31. The molecule has 1 unspecified atom stereocenters. The molecular formula is C8H7BrClI. The summed E-state index contributed by atoms with van der Waals surface area (Å²) in [6.07, 6.45) is 0. The van der Waals surface area contributed by atoms with E-state index in [0.717, 1.165) is 10.6 Å². The van der Waals surface area contributed by atoms with E-state index in [9.17, 15) is 0 Å². The fourth-order valence-electron chi connectivity index (χ4n) is 0.824. The molecule has 1 aromatic carbocycles. The fraction of sp³-hybridized carbons (Fsp3) is 0.250. The number of alkyl halides is 1. The lowest BCUT2D eigenvalue weighted by Crippen LogP contribution is -1.85. The van der Waals surface area contributed by atoms with Gasteiger partial charge in [0.05, 0.1) is 0 Å². The maximum atomic E-state index is 5.99. The minimum atomic E-state index is 0.326. The van der Waals surface area contributed by atoms with Gasteiger partial charge in [-0.05, 0) is 47.2 Å². The highest BCUT2D eigenvalue weighted by molar-refractivity contribution is 14.1. The second-order valence-electron chi connectivity index (χ2n) is 2.28. The average Bonchev–Trinajstić information content (AvgIpc) is 1.85. The van der Waals surface area contributed by atoms with E-state index < -0.39 is 0 Å². The monoisotopic (exact) mass is 344 g/mol. The van der Waals surface area contributed by atoms with Crippen LogP contribution in [0.25, 0.3) is 0 Å². The summed E-state index contributed by atoms with van der Waals surface area (Å²) in [5, 5.41) is 0.835. The van der Waals surface area contributed by atoms with Gasteiger partial charge in [0.1, 0.15) is 0 Å². The molecular weight excluding hydrogens is 338 g/mol. The van der Waals surface area contributed by atoms with E-state index in [1.165, 1.54) is 3.57 Å². The summed E-state index contributed by atoms with van der Waals surface area (Å²) >= 11 is 11.7. The van der Waals surface area contributed by atoms with Gasteiger partial charge in [-0.3, -0.25) is 0 Å². The molecule has 1 atom stereocenters. The number of hydrogen-bond donors (Lipinski definition) is 0. The van der Waals surface area contributed by atoms with Crippen molar-refractivity contribution in [3.05, 3.63) is 32.4 Å². The number of benzene rings is 1. The first kappa shape index (κ1) is 9.81. The lowest BCUT2D eigenvalue weighted by atomic mass is 10.2. The number of rotatable bonds is 1. The van der Waals surface area contributed by atoms with Crippen LogP contribution < -0.4 is 0 Å². The summed E-state index contributed by atoms with van der Waals surface area (Å²) in [5.74, 6) is 0. The molecule has 0 aliphatic carbocycles. The molecule has 0 N–H and O–H groups in total. The van der Waals surface area contributed by atoms with Crippen LogP contribution in [0.5, 0.6) is 0 Å². The summed E-state index contributed by atoms with van der Waals surface area (Å²) in [6, 6.07) is 6.07. The van der Waals surface area contributed by atoms with Crippen molar-refractivity contribution in [1.29, 1.82) is 0 Å². The molecule has 0 saturated carbocycles. The third-order valence-electron chi connectivity index (χ3n) is 1.39. The fourth-order valence-corrected chi connectivity index (χ4v) is 2.37. The van der Waals surface area contributed by atoms with Gasteiger partial charge in [-0.2, -0.15) is 0 Å². The van der Waals surface area contributed by atoms with E-state index in [1.807, 2.05) is 12.1 Å². The van der Waals surface area contributed by atoms with Gasteiger partial charge in [0.2, 0.25) is 0 Å². The van der Waals surface area contributed by atoms with E-state index in [-0.39, 0.29) is 0 Å². The summed E-state index contributed by atoms with van der Waals surface area (Å²) in [6.45, 7) is 2.06. The average molecular weight is 345 g/mol. The Bertz CT molecular complexity index is 260. The van der Waals surface area contributed by atoms with E-state index in [0.29, 0.717) is 4.83 Å². The number of halogens is 3. The Balaban J connectivity index is 3.09.